The molecule has 23 heavy (non-hydrogen) atoms. The predicted molar refractivity (Wildman–Crippen MR) is 82.5 cm³/mol. The molecule has 0 N–H and O–H groups in total. The maximum atomic E-state index is 11.9. The van der Waals surface area contributed by atoms with Gasteiger partial charge in [0.05, 0.1) is 5.57 Å². The van der Waals surface area contributed by atoms with Crippen LogP contribution in [0.25, 0.3) is 5.32 Å². The second-order valence-corrected chi connectivity index (χ2v) is 6.59. The summed E-state index contributed by atoms with van der Waals surface area (Å²) in [6.45, 7) is 4.62. The van der Waals surface area contributed by atoms with Crippen LogP contribution >= 0.6 is 0 Å². The molecule has 0 saturated heterocycles. The third-order valence-electron chi connectivity index (χ3n) is 4.04. The molecule has 1 fully saturated rings. The molecule has 3 nitrogen and oxygen atoms in total. The summed E-state index contributed by atoms with van der Waals surface area (Å²) in [6, 6.07) is 2.00. The number of ketones is 1. The van der Waals surface area contributed by atoms with Gasteiger partial charge in [-0.25, -0.2) is 8.78 Å². The largest absolute Gasteiger partial charge is 1.00 e. The van der Waals surface area contributed by atoms with Crippen molar-refractivity contribution in [2.24, 2.45) is 11.3 Å². The van der Waals surface area contributed by atoms with Crippen molar-refractivity contribution in [2.75, 3.05) is 13.6 Å². The maximum absolute atomic E-state index is 11.9. The molecule has 2 aliphatic rings. The molecule has 0 radical (unpaired) electrons. The van der Waals surface area contributed by atoms with Crippen LogP contribution in [-0.4, -0.2) is 25.3 Å². The number of Topliss-reactive ketones (excluding diaryl/α,β-unsaturated/α-hetero) is 1. The van der Waals surface area contributed by atoms with Gasteiger partial charge in [0.25, 0.3) is 0 Å². The van der Waals surface area contributed by atoms with Gasteiger partial charge in [-0.05, 0) is 18.8 Å². The van der Waals surface area contributed by atoms with E-state index in [0.29, 0.717) is 17.9 Å². The Labute approximate surface area is 180 Å². The summed E-state index contributed by atoms with van der Waals surface area (Å²) in [4.78, 5) is 11.8. The molecular formula is C17H24F2KN2O-. The Balaban J connectivity index is 0.000000509. The second kappa shape index (κ2) is 10.4. The van der Waals surface area contributed by atoms with Crippen molar-refractivity contribution in [3.8, 4) is 6.07 Å². The summed E-state index contributed by atoms with van der Waals surface area (Å²) in [7, 11) is 1.79. The minimum absolute atomic E-state index is 0. The van der Waals surface area contributed by atoms with Gasteiger partial charge in [0.1, 0.15) is 6.07 Å². The van der Waals surface area contributed by atoms with Gasteiger partial charge in [-0.2, -0.15) is 18.7 Å². The van der Waals surface area contributed by atoms with Crippen molar-refractivity contribution in [3.05, 3.63) is 23.4 Å². The van der Waals surface area contributed by atoms with Crippen molar-refractivity contribution in [1.82, 2.24) is 0 Å². The van der Waals surface area contributed by atoms with Gasteiger partial charge in [-0.15, -0.1) is 13.0 Å². The molecule has 0 aliphatic heterocycles. The van der Waals surface area contributed by atoms with E-state index >= 15 is 0 Å². The SMILES string of the molecule is C[N-]CCC1C=C(C#N)C(=O)C(C)(C)C1.FC1(F)C[CH-]CC1.[K+]. The molecule has 1 unspecified atom stereocenters. The summed E-state index contributed by atoms with van der Waals surface area (Å²) in [5.41, 5.74) is -0.0644. The van der Waals surface area contributed by atoms with E-state index in [1.807, 2.05) is 26.0 Å². The monoisotopic (exact) mass is 349 g/mol. The third kappa shape index (κ3) is 7.85. The van der Waals surface area contributed by atoms with Crippen LogP contribution in [0.15, 0.2) is 11.6 Å². The number of halogens is 2. The van der Waals surface area contributed by atoms with E-state index in [0.717, 1.165) is 19.4 Å². The van der Waals surface area contributed by atoms with Crippen molar-refractivity contribution in [1.29, 1.82) is 5.26 Å². The quantitative estimate of drug-likeness (QED) is 0.572. The zero-order chi connectivity index (χ0) is 16.8. The number of nitrogens with zero attached hydrogens (tertiary/aromatic N) is 2. The molecule has 0 aromatic heterocycles. The van der Waals surface area contributed by atoms with E-state index in [9.17, 15) is 13.6 Å². The number of carbonyl (C=O) groups is 1. The molecule has 0 bridgehead atoms. The number of nitriles is 1. The Kier molecular flexibility index (Phi) is 10.5. The Morgan fingerprint density at radius 1 is 1.48 bits per heavy atom. The molecule has 0 amide bonds. The first-order chi connectivity index (χ1) is 10.2. The number of rotatable bonds is 3. The molecule has 6 heteroatoms. The summed E-state index contributed by atoms with van der Waals surface area (Å²) in [5.74, 6) is -2.06. The van der Waals surface area contributed by atoms with Crippen LogP contribution in [0.2, 0.25) is 0 Å². The van der Waals surface area contributed by atoms with Crippen LogP contribution in [-0.2, 0) is 4.79 Å². The van der Waals surface area contributed by atoms with Crippen LogP contribution in [0, 0.1) is 29.1 Å². The first-order valence-electron chi connectivity index (χ1n) is 7.63. The zero-order valence-corrected chi connectivity index (χ0v) is 17.7. The maximum Gasteiger partial charge on any atom is 1.00 e. The van der Waals surface area contributed by atoms with Crippen LogP contribution in [0.1, 0.15) is 46.0 Å². The van der Waals surface area contributed by atoms with Gasteiger partial charge < -0.3 is 11.7 Å². The minimum atomic E-state index is -2.36. The summed E-state index contributed by atoms with van der Waals surface area (Å²) in [5, 5.41) is 12.9. The molecule has 0 aromatic rings. The van der Waals surface area contributed by atoms with E-state index in [-0.39, 0.29) is 70.0 Å². The van der Waals surface area contributed by atoms with Crippen LogP contribution in [0.4, 0.5) is 8.78 Å². The first-order valence-corrected chi connectivity index (χ1v) is 7.63. The van der Waals surface area contributed by atoms with Crippen LogP contribution < -0.4 is 51.4 Å². The Morgan fingerprint density at radius 2 is 2.13 bits per heavy atom. The summed E-state index contributed by atoms with van der Waals surface area (Å²) >= 11 is 0. The normalized spacial score (nSPS) is 24.6. The number of carbonyl (C=O) groups excluding carboxylic acids is 1. The molecule has 0 aromatic carbocycles. The minimum Gasteiger partial charge on any atom is -0.665 e. The molecule has 2 aliphatic carbocycles. The first kappa shape index (κ1) is 23.4. The molecular weight excluding hydrogens is 325 g/mol. The third-order valence-corrected chi connectivity index (χ3v) is 4.04. The second-order valence-electron chi connectivity index (χ2n) is 6.59. The molecule has 0 spiro atoms. The molecule has 1 atom stereocenters. The van der Waals surface area contributed by atoms with Crippen molar-refractivity contribution in [3.63, 3.8) is 0 Å². The van der Waals surface area contributed by atoms with E-state index in [1.165, 1.54) is 0 Å². The smallest absolute Gasteiger partial charge is 0.665 e. The molecule has 2 rings (SSSR count). The van der Waals surface area contributed by atoms with Gasteiger partial charge in [0, 0.05) is 5.41 Å². The number of hydrogen-bond donors (Lipinski definition) is 0. The zero-order valence-electron chi connectivity index (χ0n) is 14.5. The van der Waals surface area contributed by atoms with Gasteiger partial charge >= 0.3 is 51.4 Å². The Hall–Kier alpha value is 0.356. The van der Waals surface area contributed by atoms with Gasteiger partial charge in [-0.3, -0.25) is 4.79 Å². The topological polar surface area (TPSA) is 55.0 Å². The summed E-state index contributed by atoms with van der Waals surface area (Å²) < 4.78 is 23.8. The molecule has 1 saturated carbocycles. The van der Waals surface area contributed by atoms with E-state index < -0.39 is 11.3 Å². The van der Waals surface area contributed by atoms with Crippen molar-refractivity contribution >= 4 is 5.78 Å². The fourth-order valence-electron chi connectivity index (χ4n) is 2.78. The van der Waals surface area contributed by atoms with Gasteiger partial charge in [0.2, 0.25) is 5.92 Å². The predicted octanol–water partition coefficient (Wildman–Crippen LogP) is 1.46. The van der Waals surface area contributed by atoms with Crippen molar-refractivity contribution < 1.29 is 65.0 Å². The van der Waals surface area contributed by atoms with E-state index in [2.05, 4.69) is 5.32 Å². The Bertz CT molecular complexity index is 462. The van der Waals surface area contributed by atoms with Crippen LogP contribution in [0.3, 0.4) is 0 Å². The average Bonchev–Trinajstić information content (AvgIpc) is 2.85. The van der Waals surface area contributed by atoms with Gasteiger partial charge in [-0.1, -0.05) is 26.3 Å². The number of alkyl halides is 2. The summed E-state index contributed by atoms with van der Waals surface area (Å²) in [6.07, 6.45) is 5.86. The average molecular weight is 349 g/mol. The molecule has 0 heterocycles. The van der Waals surface area contributed by atoms with Crippen molar-refractivity contribution in [2.45, 2.75) is 51.9 Å². The van der Waals surface area contributed by atoms with E-state index in [4.69, 9.17) is 5.26 Å². The van der Waals surface area contributed by atoms with Crippen LogP contribution in [0.5, 0.6) is 0 Å². The van der Waals surface area contributed by atoms with Gasteiger partial charge in [0.15, 0.2) is 5.78 Å². The number of hydrogen-bond acceptors (Lipinski definition) is 2. The number of allylic oxidation sites excluding steroid dienone is 2. The van der Waals surface area contributed by atoms with E-state index in [1.54, 1.807) is 13.5 Å². The fourth-order valence-corrected chi connectivity index (χ4v) is 2.78. The molecule has 124 valence electrons. The standard InChI is InChI=1S/C12H17N2O.C5H7F2.K/c1-12(2)7-9(4-5-14-3)6-10(8-13)11(12)15;6-5(7)3-1-2-4-5;/h6,9H,4-5,7H2,1-3H3;1H,2-4H2;/q2*-1;+1. The Morgan fingerprint density at radius 3 is 2.52 bits per heavy atom. The fraction of sp³-hybridized carbons (Fsp3) is 0.706.